The van der Waals surface area contributed by atoms with E-state index in [1.165, 1.54) is 4.90 Å². The minimum Gasteiger partial charge on any atom is -0.364 e. The standard InChI is InChI=1S/C23H24ClN3O2/c1-3-25-11-13-26(14-12-25)21-20(17-7-5-4-6-8-17)22(28)27(23(21)29)19-10-9-18(24)15-16(19)2/h4-10,15H,3,11-14H2,1-2H3. The third-order valence-corrected chi connectivity index (χ3v) is 5.89. The van der Waals surface area contributed by atoms with E-state index in [9.17, 15) is 9.59 Å². The summed E-state index contributed by atoms with van der Waals surface area (Å²) in [4.78, 5) is 32.8. The molecule has 0 saturated carbocycles. The first-order valence-electron chi connectivity index (χ1n) is 9.93. The van der Waals surface area contributed by atoms with E-state index in [1.54, 1.807) is 18.2 Å². The molecule has 1 saturated heterocycles. The molecule has 5 nitrogen and oxygen atoms in total. The van der Waals surface area contributed by atoms with Crippen molar-refractivity contribution in [2.24, 2.45) is 0 Å². The minimum atomic E-state index is -0.278. The zero-order valence-electron chi connectivity index (χ0n) is 16.7. The predicted octanol–water partition coefficient (Wildman–Crippen LogP) is 3.57. The van der Waals surface area contributed by atoms with Gasteiger partial charge in [0.25, 0.3) is 11.8 Å². The van der Waals surface area contributed by atoms with Crippen molar-refractivity contribution in [2.45, 2.75) is 13.8 Å². The zero-order chi connectivity index (χ0) is 20.5. The molecular formula is C23H24ClN3O2. The lowest BCUT2D eigenvalue weighted by molar-refractivity contribution is -0.120. The second-order valence-corrected chi connectivity index (χ2v) is 7.82. The Morgan fingerprint density at radius 3 is 2.24 bits per heavy atom. The Hall–Kier alpha value is -2.63. The highest BCUT2D eigenvalue weighted by atomic mass is 35.5. The van der Waals surface area contributed by atoms with Crippen molar-refractivity contribution in [2.75, 3.05) is 37.6 Å². The predicted molar refractivity (Wildman–Crippen MR) is 116 cm³/mol. The van der Waals surface area contributed by atoms with Crippen molar-refractivity contribution in [3.8, 4) is 0 Å². The number of halogens is 1. The Labute approximate surface area is 176 Å². The van der Waals surface area contributed by atoms with Gasteiger partial charge in [-0.2, -0.15) is 0 Å². The molecule has 0 unspecified atom stereocenters. The van der Waals surface area contributed by atoms with E-state index in [-0.39, 0.29) is 11.8 Å². The third-order valence-electron chi connectivity index (χ3n) is 5.66. The molecule has 150 valence electrons. The summed E-state index contributed by atoms with van der Waals surface area (Å²) >= 11 is 6.09. The van der Waals surface area contributed by atoms with Crippen molar-refractivity contribution in [1.82, 2.24) is 9.80 Å². The fourth-order valence-electron chi connectivity index (χ4n) is 4.05. The third kappa shape index (κ3) is 3.56. The number of anilines is 1. The van der Waals surface area contributed by atoms with Gasteiger partial charge in [0.1, 0.15) is 5.70 Å². The van der Waals surface area contributed by atoms with Crippen molar-refractivity contribution in [3.63, 3.8) is 0 Å². The van der Waals surface area contributed by atoms with Gasteiger partial charge in [-0.05, 0) is 42.8 Å². The number of hydrogen-bond acceptors (Lipinski definition) is 4. The molecule has 0 bridgehead atoms. The number of carbonyl (C=O) groups is 2. The number of aryl methyl sites for hydroxylation is 1. The second kappa shape index (κ2) is 8.01. The first-order chi connectivity index (χ1) is 14.0. The van der Waals surface area contributed by atoms with Crippen LogP contribution < -0.4 is 4.90 Å². The lowest BCUT2D eigenvalue weighted by atomic mass is 10.0. The summed E-state index contributed by atoms with van der Waals surface area (Å²) in [6.45, 7) is 8.20. The summed E-state index contributed by atoms with van der Waals surface area (Å²) in [5.41, 5.74) is 3.14. The summed E-state index contributed by atoms with van der Waals surface area (Å²) in [7, 11) is 0. The van der Waals surface area contributed by atoms with E-state index >= 15 is 0 Å². The number of hydrogen-bond donors (Lipinski definition) is 0. The number of rotatable bonds is 4. The molecule has 4 rings (SSSR count). The molecule has 2 heterocycles. The first-order valence-corrected chi connectivity index (χ1v) is 10.3. The van der Waals surface area contributed by atoms with Gasteiger partial charge in [0, 0.05) is 31.2 Å². The van der Waals surface area contributed by atoms with Gasteiger partial charge >= 0.3 is 0 Å². The van der Waals surface area contributed by atoms with Crippen LogP contribution in [0.1, 0.15) is 18.1 Å². The van der Waals surface area contributed by atoms with Crippen LogP contribution in [0.5, 0.6) is 0 Å². The smallest absolute Gasteiger partial charge is 0.282 e. The van der Waals surface area contributed by atoms with Crippen LogP contribution >= 0.6 is 11.6 Å². The normalized spacial score (nSPS) is 18.2. The van der Waals surface area contributed by atoms with E-state index in [0.29, 0.717) is 22.0 Å². The fourth-order valence-corrected chi connectivity index (χ4v) is 4.28. The van der Waals surface area contributed by atoms with Crippen LogP contribution in [0.4, 0.5) is 5.69 Å². The molecule has 1 fully saturated rings. The highest BCUT2D eigenvalue weighted by Gasteiger charge is 2.43. The van der Waals surface area contributed by atoms with E-state index in [2.05, 4.69) is 16.7 Å². The minimum absolute atomic E-state index is 0.260. The Balaban J connectivity index is 1.78. The van der Waals surface area contributed by atoms with E-state index in [0.717, 1.165) is 43.9 Å². The monoisotopic (exact) mass is 409 g/mol. The van der Waals surface area contributed by atoms with Gasteiger partial charge in [0.15, 0.2) is 0 Å². The molecule has 0 radical (unpaired) electrons. The molecule has 29 heavy (non-hydrogen) atoms. The number of amides is 2. The van der Waals surface area contributed by atoms with E-state index in [1.807, 2.05) is 37.3 Å². The van der Waals surface area contributed by atoms with Gasteiger partial charge < -0.3 is 9.80 Å². The number of benzene rings is 2. The van der Waals surface area contributed by atoms with E-state index in [4.69, 9.17) is 11.6 Å². The van der Waals surface area contributed by atoms with Crippen molar-refractivity contribution in [3.05, 3.63) is 70.4 Å². The maximum Gasteiger partial charge on any atom is 0.282 e. The Kier molecular flexibility index (Phi) is 5.43. The highest BCUT2D eigenvalue weighted by Crippen LogP contribution is 2.36. The van der Waals surface area contributed by atoms with Crippen LogP contribution in [-0.4, -0.2) is 54.3 Å². The van der Waals surface area contributed by atoms with Crippen LogP contribution in [0, 0.1) is 6.92 Å². The summed E-state index contributed by atoms with van der Waals surface area (Å²) in [5, 5.41) is 0.581. The van der Waals surface area contributed by atoms with Gasteiger partial charge in [-0.15, -0.1) is 0 Å². The van der Waals surface area contributed by atoms with Gasteiger partial charge in [-0.1, -0.05) is 48.9 Å². The molecule has 2 amide bonds. The summed E-state index contributed by atoms with van der Waals surface area (Å²) < 4.78 is 0. The molecule has 0 aliphatic carbocycles. The molecule has 0 aromatic heterocycles. The molecule has 0 atom stereocenters. The topological polar surface area (TPSA) is 43.9 Å². The average Bonchev–Trinajstić information content (AvgIpc) is 2.99. The molecule has 2 aliphatic rings. The average molecular weight is 410 g/mol. The van der Waals surface area contributed by atoms with Crippen molar-refractivity contribution >= 4 is 34.7 Å². The van der Waals surface area contributed by atoms with Crippen LogP contribution in [0.2, 0.25) is 5.02 Å². The number of likely N-dealkylation sites (N-methyl/N-ethyl adjacent to an activating group) is 1. The van der Waals surface area contributed by atoms with Gasteiger partial charge in [-0.3, -0.25) is 9.59 Å². The Morgan fingerprint density at radius 2 is 1.62 bits per heavy atom. The van der Waals surface area contributed by atoms with Gasteiger partial charge in [-0.25, -0.2) is 4.90 Å². The zero-order valence-corrected chi connectivity index (χ0v) is 17.4. The molecule has 2 aromatic carbocycles. The quantitative estimate of drug-likeness (QED) is 0.724. The number of nitrogens with zero attached hydrogens (tertiary/aromatic N) is 3. The van der Waals surface area contributed by atoms with Crippen molar-refractivity contribution in [1.29, 1.82) is 0 Å². The summed E-state index contributed by atoms with van der Waals surface area (Å²) in [6, 6.07) is 14.7. The molecule has 0 N–H and O–H groups in total. The SMILES string of the molecule is CCN1CCN(C2=C(c3ccccc3)C(=O)N(c3ccc(Cl)cc3C)C2=O)CC1. The maximum absolute atomic E-state index is 13.5. The highest BCUT2D eigenvalue weighted by molar-refractivity contribution is 6.45. The van der Waals surface area contributed by atoms with Crippen LogP contribution in [0.3, 0.4) is 0 Å². The summed E-state index contributed by atoms with van der Waals surface area (Å²) in [5.74, 6) is -0.538. The molecule has 2 aromatic rings. The summed E-state index contributed by atoms with van der Waals surface area (Å²) in [6.07, 6.45) is 0. The van der Waals surface area contributed by atoms with Crippen LogP contribution in [0.15, 0.2) is 54.2 Å². The maximum atomic E-state index is 13.5. The molecule has 6 heteroatoms. The van der Waals surface area contributed by atoms with Crippen molar-refractivity contribution < 1.29 is 9.59 Å². The lowest BCUT2D eigenvalue weighted by Gasteiger charge is -2.36. The number of imide groups is 1. The van der Waals surface area contributed by atoms with Gasteiger partial charge in [0.2, 0.25) is 0 Å². The fraction of sp³-hybridized carbons (Fsp3) is 0.304. The lowest BCUT2D eigenvalue weighted by Crippen LogP contribution is -2.47. The van der Waals surface area contributed by atoms with Crippen LogP contribution in [0.25, 0.3) is 5.57 Å². The largest absolute Gasteiger partial charge is 0.364 e. The van der Waals surface area contributed by atoms with Crippen LogP contribution in [-0.2, 0) is 9.59 Å². The second-order valence-electron chi connectivity index (χ2n) is 7.39. The Bertz CT molecular complexity index is 979. The first kappa shape index (κ1) is 19.7. The number of carbonyl (C=O) groups excluding carboxylic acids is 2. The van der Waals surface area contributed by atoms with Gasteiger partial charge in [0.05, 0.1) is 11.3 Å². The molecular weight excluding hydrogens is 386 g/mol. The number of piperazine rings is 1. The van der Waals surface area contributed by atoms with E-state index < -0.39 is 0 Å². The Morgan fingerprint density at radius 1 is 0.931 bits per heavy atom. The molecule has 0 spiro atoms. The molecule has 2 aliphatic heterocycles.